The Morgan fingerprint density at radius 2 is 1.23 bits per heavy atom. The Morgan fingerprint density at radius 1 is 0.657 bits per heavy atom. The van der Waals surface area contributed by atoms with Crippen molar-refractivity contribution in [2.45, 2.75) is 226 Å². The lowest BCUT2D eigenvalue weighted by Gasteiger charge is -2.34. The quantitative estimate of drug-likeness (QED) is 0.0288. The zero-order valence-corrected chi connectivity index (χ0v) is 60.4. The number of amides is 13. The summed E-state index contributed by atoms with van der Waals surface area (Å²) in [4.78, 5) is 192. The highest BCUT2D eigenvalue weighted by Gasteiger charge is 2.43. The second kappa shape index (κ2) is 40.1. The SMILES string of the molecule is CC[C@H](C)[C@@H]1NC(=O)[C@@H](CCCNC(=N)N)NC(=O)[C@H](CC(C)C)NC(=O)[C@H]([C@H](O)C(C)C)NC(=O)[C@@H](NC(=O)[C@H](Cc2cccc(C)n2)NC(=O)[C@@H](CC(C)(C)C)NC(=O)OC(C)(C)C)[C@@H](c2ccccc2)NC(=O)[C@H](CO)NC(=O)[C@H]([C@H](O)C(N)=O)NC(=O)CNC(=O)[C@H]([C@H](C)O)NC1=O. The molecule has 0 unspecified atom stereocenters. The average molecular weight is 1440 g/mol. The number of carbonyl (C=O) groups is 13. The van der Waals surface area contributed by atoms with Crippen LogP contribution in [0.4, 0.5) is 4.79 Å². The van der Waals surface area contributed by atoms with Crippen molar-refractivity contribution in [3.8, 4) is 0 Å². The van der Waals surface area contributed by atoms with Gasteiger partial charge in [-0.05, 0) is 101 Å². The molecule has 0 radical (unpaired) electrons. The van der Waals surface area contributed by atoms with Gasteiger partial charge in [-0.15, -0.1) is 0 Å². The minimum atomic E-state index is -2.60. The molecule has 1 saturated heterocycles. The number of nitrogens with two attached hydrogens (primary N) is 2. The largest absolute Gasteiger partial charge is 0.444 e. The summed E-state index contributed by atoms with van der Waals surface area (Å²) in [6.07, 6.45) is -7.73. The van der Waals surface area contributed by atoms with E-state index in [9.17, 15) is 68.4 Å². The third-order valence-corrected chi connectivity index (χ3v) is 16.0. The van der Waals surface area contributed by atoms with E-state index in [2.05, 4.69) is 68.8 Å². The van der Waals surface area contributed by atoms with Crippen molar-refractivity contribution in [2.24, 2.45) is 34.6 Å². The summed E-state index contributed by atoms with van der Waals surface area (Å²) in [6.45, 7) is 20.1. The third kappa shape index (κ3) is 28.8. The predicted octanol–water partition coefficient (Wildman–Crippen LogP) is -3.80. The Hall–Kier alpha value is -9.61. The standard InChI is InChI=1S/C67H107N17O18/c1-15-34(6)45-60(97)81-46(36(8)86)59(96)72-30-44(87)79-50(52(89)53(68)90)63(100)77-43(31-85)58(95)82-47(37-22-17-16-18-23-37)48(83-56(93)41(28-38-24-19-21-35(7)73-38)75-57(94)42(29-66(9,10)11)78-65(101)102-67(12,13)14)61(98)84-49(51(88)33(4)5)62(99)76-40(27-32(2)3)55(92)74-39(54(91)80-45)25-20-26-71-64(69)70/h16-19,21-24,32-34,36,39-43,45-52,85-86,88-89H,15,20,25-31H2,1-14H3,(H2,68,90)(H,72,96)(H,74,92)(H,75,94)(H,76,99)(H,77,100)(H,78,101)(H,79,87)(H,80,91)(H,81,97)(H,82,95)(H,83,93)(H,84,98)(H4,69,70,71)/t34-,36-,39+,40-,41-,42+,43-,45-,46-,47+,48-,49-,50-,51+,52-/m0/s1. The van der Waals surface area contributed by atoms with Gasteiger partial charge in [0.25, 0.3) is 0 Å². The summed E-state index contributed by atoms with van der Waals surface area (Å²) < 4.78 is 5.49. The van der Waals surface area contributed by atoms with Gasteiger partial charge in [0.15, 0.2) is 12.1 Å². The number of nitrogens with zero attached hydrogens (tertiary/aromatic N) is 1. The van der Waals surface area contributed by atoms with Crippen LogP contribution in [0.3, 0.4) is 0 Å². The number of carbonyl (C=O) groups excluding carboxylic acids is 13. The Morgan fingerprint density at radius 3 is 1.77 bits per heavy atom. The van der Waals surface area contributed by atoms with Gasteiger partial charge in [0.05, 0.1) is 31.4 Å². The van der Waals surface area contributed by atoms with Crippen molar-refractivity contribution in [3.63, 3.8) is 0 Å². The molecule has 35 nitrogen and oxygen atoms in total. The van der Waals surface area contributed by atoms with Gasteiger partial charge in [0.2, 0.25) is 70.9 Å². The zero-order valence-electron chi connectivity index (χ0n) is 60.4. The minimum absolute atomic E-state index is 0.00356. The van der Waals surface area contributed by atoms with Gasteiger partial charge in [-0.25, -0.2) is 4.79 Å². The topological polar surface area (TPSA) is 557 Å². The maximum Gasteiger partial charge on any atom is 0.408 e. The molecule has 1 aliphatic heterocycles. The fraction of sp³-hybridized carbons (Fsp3) is 0.627. The Kier molecular flexibility index (Phi) is 34.1. The van der Waals surface area contributed by atoms with Gasteiger partial charge in [0, 0.05) is 24.4 Å². The van der Waals surface area contributed by atoms with Crippen molar-refractivity contribution in [2.75, 3.05) is 19.7 Å². The van der Waals surface area contributed by atoms with Gasteiger partial charge in [0.1, 0.15) is 66.0 Å². The summed E-state index contributed by atoms with van der Waals surface area (Å²) in [7, 11) is 0. The number of hydrogen-bond acceptors (Lipinski definition) is 20. The maximum absolute atomic E-state index is 15.8. The number of ether oxygens (including phenoxy) is 1. The molecule has 568 valence electrons. The molecule has 3 rings (SSSR count). The first-order valence-electron chi connectivity index (χ1n) is 33.8. The summed E-state index contributed by atoms with van der Waals surface area (Å²) in [5.74, 6) is -17.3. The molecule has 22 N–H and O–H groups in total. The molecule has 0 bridgehead atoms. The number of aromatic nitrogens is 1. The van der Waals surface area contributed by atoms with E-state index in [4.69, 9.17) is 21.6 Å². The summed E-state index contributed by atoms with van der Waals surface area (Å²) in [5, 5.41) is 84.3. The third-order valence-electron chi connectivity index (χ3n) is 16.0. The van der Waals surface area contributed by atoms with Crippen LogP contribution in [0.5, 0.6) is 0 Å². The molecule has 2 aromatic rings. The Bertz CT molecular complexity index is 3250. The molecule has 1 aliphatic rings. The van der Waals surface area contributed by atoms with Crippen LogP contribution in [0, 0.1) is 35.5 Å². The summed E-state index contributed by atoms with van der Waals surface area (Å²) >= 11 is 0. The van der Waals surface area contributed by atoms with Crippen molar-refractivity contribution in [1.29, 1.82) is 5.41 Å². The van der Waals surface area contributed by atoms with Gasteiger partial charge >= 0.3 is 6.09 Å². The van der Waals surface area contributed by atoms with E-state index in [1.807, 2.05) is 5.32 Å². The number of primary amides is 1. The van der Waals surface area contributed by atoms with E-state index < -0.39 is 216 Å². The number of benzene rings is 1. The average Bonchev–Trinajstić information content (AvgIpc) is 0.812. The first-order valence-corrected chi connectivity index (χ1v) is 33.8. The number of pyridine rings is 1. The predicted molar refractivity (Wildman–Crippen MR) is 370 cm³/mol. The smallest absolute Gasteiger partial charge is 0.408 e. The molecule has 2 heterocycles. The zero-order chi connectivity index (χ0) is 77.3. The van der Waals surface area contributed by atoms with Crippen LogP contribution >= 0.6 is 0 Å². The van der Waals surface area contributed by atoms with E-state index in [1.54, 1.807) is 88.3 Å². The molecular formula is C67H107N17O18. The second-order valence-corrected chi connectivity index (χ2v) is 28.3. The molecule has 35 heteroatoms. The van der Waals surface area contributed by atoms with Gasteiger partial charge in [-0.3, -0.25) is 67.9 Å². The van der Waals surface area contributed by atoms with Crippen LogP contribution in [0.1, 0.15) is 145 Å². The number of hydrogen-bond donors (Lipinski definition) is 20. The molecule has 1 fully saturated rings. The highest BCUT2D eigenvalue weighted by Crippen LogP contribution is 2.24. The fourth-order valence-electron chi connectivity index (χ4n) is 10.5. The van der Waals surface area contributed by atoms with E-state index in [0.29, 0.717) is 5.69 Å². The highest BCUT2D eigenvalue weighted by atomic mass is 16.6. The number of alkyl carbamates (subject to hydrolysis) is 1. The minimum Gasteiger partial charge on any atom is -0.444 e. The molecular weight excluding hydrogens is 1330 g/mol. The molecule has 1 aromatic carbocycles. The molecule has 0 saturated carbocycles. The van der Waals surface area contributed by atoms with E-state index in [1.165, 1.54) is 50.2 Å². The Labute approximate surface area is 593 Å². The normalized spacial score (nSPS) is 23.3. The molecule has 13 amide bonds. The molecule has 15 atom stereocenters. The van der Waals surface area contributed by atoms with Crippen molar-refractivity contribution < 1.29 is 87.5 Å². The lowest BCUT2D eigenvalue weighted by atomic mass is 9.87. The number of nitrogens with one attached hydrogen (secondary N) is 14. The van der Waals surface area contributed by atoms with Gasteiger partial charge in [-0.2, -0.15) is 0 Å². The number of aliphatic hydroxyl groups excluding tert-OH is 4. The lowest BCUT2D eigenvalue weighted by molar-refractivity contribution is -0.140. The van der Waals surface area contributed by atoms with Crippen LogP contribution in [-0.4, -0.2) is 212 Å². The van der Waals surface area contributed by atoms with Gasteiger partial charge in [-0.1, -0.05) is 105 Å². The summed E-state index contributed by atoms with van der Waals surface area (Å²) in [5.41, 5.74) is 9.90. The highest BCUT2D eigenvalue weighted by molar-refractivity contribution is 6.01. The molecule has 102 heavy (non-hydrogen) atoms. The molecule has 0 spiro atoms. The van der Waals surface area contributed by atoms with Crippen molar-refractivity contribution in [1.82, 2.24) is 74.1 Å². The van der Waals surface area contributed by atoms with E-state index in [-0.39, 0.29) is 49.9 Å². The number of aliphatic hydroxyl groups is 4. The lowest BCUT2D eigenvalue weighted by Crippen LogP contribution is -2.65. The maximum atomic E-state index is 15.8. The number of guanidine groups is 1. The first kappa shape index (κ1) is 86.6. The van der Waals surface area contributed by atoms with Crippen LogP contribution in [-0.2, 0) is 68.7 Å². The van der Waals surface area contributed by atoms with Gasteiger partial charge < -0.3 is 106 Å². The number of rotatable bonds is 23. The van der Waals surface area contributed by atoms with Crippen LogP contribution in [0.2, 0.25) is 0 Å². The molecule has 0 aliphatic carbocycles. The van der Waals surface area contributed by atoms with Crippen LogP contribution in [0.25, 0.3) is 0 Å². The van der Waals surface area contributed by atoms with E-state index in [0.717, 1.165) is 6.92 Å². The van der Waals surface area contributed by atoms with Crippen LogP contribution in [0.15, 0.2) is 48.5 Å². The van der Waals surface area contributed by atoms with E-state index >= 15 is 14.4 Å². The van der Waals surface area contributed by atoms with Crippen molar-refractivity contribution in [3.05, 3.63) is 65.5 Å². The monoisotopic (exact) mass is 1440 g/mol. The first-order chi connectivity index (χ1) is 47.5. The van der Waals surface area contributed by atoms with Crippen LogP contribution < -0.4 is 80.6 Å². The second-order valence-electron chi connectivity index (χ2n) is 28.3. The summed E-state index contributed by atoms with van der Waals surface area (Å²) in [6, 6.07) is -8.50. The Balaban J connectivity index is 2.50. The number of aryl methyl sites for hydroxylation is 1. The fourth-order valence-corrected chi connectivity index (χ4v) is 10.5. The molecule has 1 aromatic heterocycles. The van der Waals surface area contributed by atoms with Crippen molar-refractivity contribution >= 4 is 82.9 Å².